The highest BCUT2D eigenvalue weighted by Gasteiger charge is 2.20. The first-order valence-corrected chi connectivity index (χ1v) is 6.74. The summed E-state index contributed by atoms with van der Waals surface area (Å²) in [5, 5.41) is 13.8. The molecule has 0 aromatic heterocycles. The van der Waals surface area contributed by atoms with Crippen LogP contribution in [-0.4, -0.2) is 36.0 Å². The van der Waals surface area contributed by atoms with Crippen LogP contribution >= 0.6 is 0 Å². The minimum absolute atomic E-state index is 0.0869. The van der Waals surface area contributed by atoms with Crippen molar-refractivity contribution in [2.24, 2.45) is 0 Å². The van der Waals surface area contributed by atoms with Crippen LogP contribution in [0.3, 0.4) is 0 Å². The first-order chi connectivity index (χ1) is 9.01. The van der Waals surface area contributed by atoms with Crippen molar-refractivity contribution in [3.8, 4) is 0 Å². The number of hydrogen-bond acceptors (Lipinski definition) is 3. The maximum atomic E-state index is 11.6. The molecule has 0 spiro atoms. The quantitative estimate of drug-likeness (QED) is 0.518. The monoisotopic (exact) mass is 272 g/mol. The Hall–Kier alpha value is -1.59. The topological polar surface area (TPSA) is 95.5 Å². The van der Waals surface area contributed by atoms with Crippen molar-refractivity contribution in [3.05, 3.63) is 0 Å². The van der Waals surface area contributed by atoms with Gasteiger partial charge < -0.3 is 15.7 Å². The van der Waals surface area contributed by atoms with E-state index in [0.717, 1.165) is 25.7 Å². The fourth-order valence-corrected chi connectivity index (χ4v) is 1.64. The summed E-state index contributed by atoms with van der Waals surface area (Å²) in [6.45, 7) is 2.08. The van der Waals surface area contributed by atoms with Gasteiger partial charge in [-0.3, -0.25) is 9.59 Å². The molecule has 0 aromatic carbocycles. The summed E-state index contributed by atoms with van der Waals surface area (Å²) in [5.74, 6) is -1.60. The Bertz CT molecular complexity index is 305. The first-order valence-electron chi connectivity index (χ1n) is 6.74. The molecule has 0 fully saturated rings. The predicted octanol–water partition coefficient (Wildman–Crippen LogP) is 1.05. The van der Waals surface area contributed by atoms with E-state index >= 15 is 0 Å². The molecule has 0 aromatic rings. The highest BCUT2D eigenvalue weighted by atomic mass is 16.4. The summed E-state index contributed by atoms with van der Waals surface area (Å²) in [6.07, 6.45) is 4.43. The van der Waals surface area contributed by atoms with Crippen LogP contribution in [0.5, 0.6) is 0 Å². The van der Waals surface area contributed by atoms with Crippen molar-refractivity contribution < 1.29 is 19.5 Å². The maximum Gasteiger partial charge on any atom is 0.326 e. The number of nitrogens with one attached hydrogen (secondary N) is 2. The van der Waals surface area contributed by atoms with Crippen molar-refractivity contribution in [1.82, 2.24) is 10.6 Å². The smallest absolute Gasteiger partial charge is 0.326 e. The van der Waals surface area contributed by atoms with E-state index < -0.39 is 12.0 Å². The van der Waals surface area contributed by atoms with E-state index in [9.17, 15) is 14.4 Å². The van der Waals surface area contributed by atoms with Crippen LogP contribution in [0.25, 0.3) is 0 Å². The number of aliphatic carboxylic acids is 1. The van der Waals surface area contributed by atoms with Gasteiger partial charge in [-0.25, -0.2) is 4.79 Å². The number of amides is 2. The van der Waals surface area contributed by atoms with Gasteiger partial charge in [0.25, 0.3) is 0 Å². The first kappa shape index (κ1) is 17.4. The molecule has 0 aliphatic carbocycles. The van der Waals surface area contributed by atoms with Crippen LogP contribution in [0.2, 0.25) is 0 Å². The van der Waals surface area contributed by atoms with E-state index in [-0.39, 0.29) is 24.7 Å². The molecule has 0 saturated carbocycles. The second kappa shape index (κ2) is 10.3. The van der Waals surface area contributed by atoms with Crippen LogP contribution in [-0.2, 0) is 14.4 Å². The van der Waals surface area contributed by atoms with Gasteiger partial charge in [-0.2, -0.15) is 0 Å². The summed E-state index contributed by atoms with van der Waals surface area (Å²) in [4.78, 5) is 33.6. The second-order valence-electron chi connectivity index (χ2n) is 4.48. The third kappa shape index (κ3) is 9.04. The number of carboxylic acids is 1. The number of unbranched alkanes of at least 4 members (excludes halogenated alkanes) is 3. The van der Waals surface area contributed by atoms with E-state index in [4.69, 9.17) is 5.11 Å². The Morgan fingerprint density at radius 2 is 1.74 bits per heavy atom. The lowest BCUT2D eigenvalue weighted by Crippen LogP contribution is -2.41. The van der Waals surface area contributed by atoms with Gasteiger partial charge in [0, 0.05) is 19.9 Å². The lowest BCUT2D eigenvalue weighted by molar-refractivity contribution is -0.142. The van der Waals surface area contributed by atoms with Crippen molar-refractivity contribution in [1.29, 1.82) is 0 Å². The van der Waals surface area contributed by atoms with E-state index in [1.807, 2.05) is 0 Å². The molecule has 6 heteroatoms. The summed E-state index contributed by atoms with van der Waals surface area (Å²) < 4.78 is 0. The molecule has 6 nitrogen and oxygen atoms in total. The molecule has 0 aliphatic rings. The summed E-state index contributed by atoms with van der Waals surface area (Å²) in [7, 11) is 1.49. The number of rotatable bonds is 10. The molecule has 1 unspecified atom stereocenters. The highest BCUT2D eigenvalue weighted by molar-refractivity contribution is 5.84. The molecule has 0 saturated heterocycles. The molecular formula is C13H24N2O4. The molecule has 0 rings (SSSR count). The van der Waals surface area contributed by atoms with Crippen LogP contribution in [0.4, 0.5) is 0 Å². The second-order valence-corrected chi connectivity index (χ2v) is 4.48. The van der Waals surface area contributed by atoms with Crippen LogP contribution in [0.15, 0.2) is 0 Å². The van der Waals surface area contributed by atoms with Crippen molar-refractivity contribution >= 4 is 17.8 Å². The molecule has 0 heterocycles. The van der Waals surface area contributed by atoms with Crippen molar-refractivity contribution in [3.63, 3.8) is 0 Å². The number of carboxylic acid groups (broad SMARTS) is 1. The normalized spacial score (nSPS) is 11.7. The zero-order chi connectivity index (χ0) is 14.7. The van der Waals surface area contributed by atoms with E-state index in [0.29, 0.717) is 6.42 Å². The Morgan fingerprint density at radius 1 is 1.05 bits per heavy atom. The maximum absolute atomic E-state index is 11.6. The lowest BCUT2D eigenvalue weighted by atomic mass is 10.1. The molecular weight excluding hydrogens is 248 g/mol. The molecule has 0 radical (unpaired) electrons. The molecule has 2 amide bonds. The van der Waals surface area contributed by atoms with Gasteiger partial charge in [0.2, 0.25) is 11.8 Å². The Balaban J connectivity index is 4.01. The fraction of sp³-hybridized carbons (Fsp3) is 0.769. The molecule has 19 heavy (non-hydrogen) atoms. The van der Waals surface area contributed by atoms with E-state index in [2.05, 4.69) is 17.6 Å². The van der Waals surface area contributed by atoms with Gasteiger partial charge in [-0.15, -0.1) is 0 Å². The van der Waals surface area contributed by atoms with Crippen molar-refractivity contribution in [2.45, 2.75) is 57.9 Å². The lowest BCUT2D eigenvalue weighted by Gasteiger charge is -2.14. The van der Waals surface area contributed by atoms with Gasteiger partial charge in [-0.1, -0.05) is 26.2 Å². The van der Waals surface area contributed by atoms with Crippen LogP contribution in [0.1, 0.15) is 51.9 Å². The average molecular weight is 272 g/mol. The standard InChI is InChI=1S/C13H24N2O4/c1-3-4-5-6-7-12(17)15-10(13(18)19)8-9-11(16)14-2/h10H,3-9H2,1-2H3,(H,14,16)(H,15,17)(H,18,19). The van der Waals surface area contributed by atoms with Gasteiger partial charge in [0.05, 0.1) is 0 Å². The summed E-state index contributed by atoms with van der Waals surface area (Å²) in [6, 6.07) is -0.990. The third-order valence-corrected chi connectivity index (χ3v) is 2.83. The highest BCUT2D eigenvalue weighted by Crippen LogP contribution is 2.04. The van der Waals surface area contributed by atoms with E-state index in [1.165, 1.54) is 7.05 Å². The number of carbonyl (C=O) groups is 3. The van der Waals surface area contributed by atoms with E-state index in [1.54, 1.807) is 0 Å². The minimum Gasteiger partial charge on any atom is -0.480 e. The largest absolute Gasteiger partial charge is 0.480 e. The molecule has 0 aliphatic heterocycles. The Kier molecular flexibility index (Phi) is 9.48. The minimum atomic E-state index is -1.11. The Labute approximate surface area is 113 Å². The predicted molar refractivity (Wildman–Crippen MR) is 71.6 cm³/mol. The van der Waals surface area contributed by atoms with Gasteiger partial charge in [-0.05, 0) is 12.8 Å². The SMILES string of the molecule is CCCCCCC(=O)NC(CCC(=O)NC)C(=O)O. The molecule has 0 bridgehead atoms. The zero-order valence-corrected chi connectivity index (χ0v) is 11.7. The summed E-state index contributed by atoms with van der Waals surface area (Å²) in [5.41, 5.74) is 0. The fourth-order valence-electron chi connectivity index (χ4n) is 1.64. The number of carbonyl (C=O) groups excluding carboxylic acids is 2. The van der Waals surface area contributed by atoms with Gasteiger partial charge >= 0.3 is 5.97 Å². The molecule has 110 valence electrons. The van der Waals surface area contributed by atoms with Crippen molar-refractivity contribution in [2.75, 3.05) is 7.05 Å². The molecule has 1 atom stereocenters. The summed E-state index contributed by atoms with van der Waals surface area (Å²) >= 11 is 0. The average Bonchev–Trinajstić information content (AvgIpc) is 2.38. The zero-order valence-electron chi connectivity index (χ0n) is 11.7. The van der Waals surface area contributed by atoms with Crippen LogP contribution in [0, 0.1) is 0 Å². The molecule has 3 N–H and O–H groups in total. The van der Waals surface area contributed by atoms with Gasteiger partial charge in [0.1, 0.15) is 6.04 Å². The number of hydrogen-bond donors (Lipinski definition) is 3. The van der Waals surface area contributed by atoms with Crippen LogP contribution < -0.4 is 10.6 Å². The van der Waals surface area contributed by atoms with Gasteiger partial charge in [0.15, 0.2) is 0 Å². The third-order valence-electron chi connectivity index (χ3n) is 2.83. The Morgan fingerprint density at radius 3 is 2.26 bits per heavy atom.